The van der Waals surface area contributed by atoms with Gasteiger partial charge in [-0.1, -0.05) is 17.7 Å². The SMILES string of the molecule is O=C(O)CN1C(=O)C(=O)N(Cc2cccnc2Cl)C1=O. The molecule has 0 bridgehead atoms. The molecule has 4 amide bonds. The summed E-state index contributed by atoms with van der Waals surface area (Å²) >= 11 is 5.80. The minimum absolute atomic E-state index is 0.0947. The van der Waals surface area contributed by atoms with E-state index in [-0.39, 0.29) is 11.7 Å². The van der Waals surface area contributed by atoms with Gasteiger partial charge in [-0.15, -0.1) is 0 Å². The number of carbonyl (C=O) groups is 4. The fourth-order valence-corrected chi connectivity index (χ4v) is 1.85. The van der Waals surface area contributed by atoms with Crippen LogP contribution in [0.15, 0.2) is 18.3 Å². The highest BCUT2D eigenvalue weighted by Crippen LogP contribution is 2.19. The Morgan fingerprint density at radius 1 is 1.25 bits per heavy atom. The quantitative estimate of drug-likeness (QED) is 0.480. The van der Waals surface area contributed by atoms with Crippen molar-refractivity contribution in [1.82, 2.24) is 14.8 Å². The fourth-order valence-electron chi connectivity index (χ4n) is 1.67. The van der Waals surface area contributed by atoms with Gasteiger partial charge in [0.05, 0.1) is 6.54 Å². The molecule has 2 heterocycles. The number of carbonyl (C=O) groups excluding carboxylic acids is 3. The standard InChI is InChI=1S/C11H8ClN3O5/c12-8-6(2-1-3-13-8)4-14-9(18)10(19)15(11(14)20)5-7(16)17/h1-3H,4-5H2,(H,16,17). The van der Waals surface area contributed by atoms with E-state index < -0.39 is 30.4 Å². The van der Waals surface area contributed by atoms with Crippen LogP contribution in [-0.4, -0.2) is 50.2 Å². The molecule has 1 aromatic rings. The number of imide groups is 2. The van der Waals surface area contributed by atoms with Crippen molar-refractivity contribution in [2.45, 2.75) is 6.54 Å². The normalized spacial score (nSPS) is 15.2. The first-order valence-electron chi connectivity index (χ1n) is 5.40. The molecule has 8 nitrogen and oxygen atoms in total. The maximum absolute atomic E-state index is 11.9. The maximum Gasteiger partial charge on any atom is 0.335 e. The summed E-state index contributed by atoms with van der Waals surface area (Å²) < 4.78 is 0. The van der Waals surface area contributed by atoms with Crippen LogP contribution in [0.2, 0.25) is 5.15 Å². The first-order chi connectivity index (χ1) is 9.41. The van der Waals surface area contributed by atoms with Gasteiger partial charge >= 0.3 is 23.8 Å². The molecule has 1 saturated heterocycles. The first kappa shape index (κ1) is 13.9. The van der Waals surface area contributed by atoms with Crippen molar-refractivity contribution in [1.29, 1.82) is 0 Å². The Kier molecular flexibility index (Phi) is 3.66. The highest BCUT2D eigenvalue weighted by atomic mass is 35.5. The minimum atomic E-state index is -1.39. The highest BCUT2D eigenvalue weighted by Gasteiger charge is 2.45. The van der Waals surface area contributed by atoms with Crippen LogP contribution in [0, 0.1) is 0 Å². The second-order valence-corrected chi connectivity index (χ2v) is 4.27. The van der Waals surface area contributed by atoms with Crippen molar-refractivity contribution in [3.63, 3.8) is 0 Å². The van der Waals surface area contributed by atoms with Crippen molar-refractivity contribution in [2.24, 2.45) is 0 Å². The number of carboxylic acid groups (broad SMARTS) is 1. The third-order valence-corrected chi connectivity index (χ3v) is 2.93. The lowest BCUT2D eigenvalue weighted by atomic mass is 10.2. The number of aliphatic carboxylic acids is 1. The Hall–Kier alpha value is -2.48. The van der Waals surface area contributed by atoms with Gasteiger partial charge in [0, 0.05) is 11.8 Å². The number of urea groups is 1. The molecule has 1 aliphatic heterocycles. The molecule has 0 aromatic carbocycles. The monoisotopic (exact) mass is 297 g/mol. The molecule has 1 N–H and O–H groups in total. The van der Waals surface area contributed by atoms with Gasteiger partial charge in [0.2, 0.25) is 0 Å². The second-order valence-electron chi connectivity index (χ2n) is 3.91. The zero-order chi connectivity index (χ0) is 14.9. The van der Waals surface area contributed by atoms with Crippen LogP contribution >= 0.6 is 11.6 Å². The minimum Gasteiger partial charge on any atom is -0.480 e. The van der Waals surface area contributed by atoms with Crippen LogP contribution in [0.25, 0.3) is 0 Å². The number of rotatable bonds is 4. The summed E-state index contributed by atoms with van der Waals surface area (Å²) in [6.45, 7) is -1.10. The number of halogens is 1. The summed E-state index contributed by atoms with van der Waals surface area (Å²) in [5.74, 6) is -3.64. The molecule has 1 aliphatic rings. The van der Waals surface area contributed by atoms with E-state index >= 15 is 0 Å². The second kappa shape index (κ2) is 5.25. The fraction of sp³-hybridized carbons (Fsp3) is 0.182. The van der Waals surface area contributed by atoms with Crippen molar-refractivity contribution in [2.75, 3.05) is 6.54 Å². The Bertz CT molecular complexity index is 618. The van der Waals surface area contributed by atoms with E-state index in [0.717, 1.165) is 0 Å². The Labute approximate surface area is 117 Å². The molecule has 0 radical (unpaired) electrons. The lowest BCUT2D eigenvalue weighted by Crippen LogP contribution is -2.36. The van der Waals surface area contributed by atoms with E-state index in [1.165, 1.54) is 6.20 Å². The summed E-state index contributed by atoms with van der Waals surface area (Å²) in [6.07, 6.45) is 1.43. The Morgan fingerprint density at radius 3 is 2.50 bits per heavy atom. The number of aromatic nitrogens is 1. The van der Waals surface area contributed by atoms with Gasteiger partial charge in [-0.2, -0.15) is 0 Å². The van der Waals surface area contributed by atoms with Gasteiger partial charge < -0.3 is 5.11 Å². The van der Waals surface area contributed by atoms with Gasteiger partial charge in [0.15, 0.2) is 0 Å². The summed E-state index contributed by atoms with van der Waals surface area (Å²) in [7, 11) is 0. The Balaban J connectivity index is 2.23. The lowest BCUT2D eigenvalue weighted by molar-refractivity contribution is -0.146. The Morgan fingerprint density at radius 2 is 1.90 bits per heavy atom. The molecule has 0 atom stereocenters. The van der Waals surface area contributed by atoms with Gasteiger partial charge in [0.25, 0.3) is 0 Å². The molecule has 0 unspecified atom stereocenters. The van der Waals surface area contributed by atoms with E-state index in [4.69, 9.17) is 16.7 Å². The zero-order valence-corrected chi connectivity index (χ0v) is 10.7. The van der Waals surface area contributed by atoms with E-state index in [1.807, 2.05) is 0 Å². The maximum atomic E-state index is 11.9. The highest BCUT2D eigenvalue weighted by molar-refractivity contribution is 6.45. The van der Waals surface area contributed by atoms with Crippen molar-refractivity contribution in [3.8, 4) is 0 Å². The number of hydrogen-bond donors (Lipinski definition) is 1. The predicted octanol–water partition coefficient (Wildman–Crippen LogP) is 0.110. The molecule has 2 rings (SSSR count). The first-order valence-corrected chi connectivity index (χ1v) is 5.78. The summed E-state index contributed by atoms with van der Waals surface area (Å²) in [5.41, 5.74) is 0.376. The topological polar surface area (TPSA) is 108 Å². The molecular weight excluding hydrogens is 290 g/mol. The van der Waals surface area contributed by atoms with Gasteiger partial charge in [0.1, 0.15) is 11.7 Å². The molecule has 0 saturated carbocycles. The number of pyridine rings is 1. The molecule has 0 aliphatic carbocycles. The largest absolute Gasteiger partial charge is 0.480 e. The smallest absolute Gasteiger partial charge is 0.335 e. The van der Waals surface area contributed by atoms with Crippen molar-refractivity contribution < 1.29 is 24.3 Å². The lowest BCUT2D eigenvalue weighted by Gasteiger charge is -2.14. The average Bonchev–Trinajstić information content (AvgIpc) is 2.58. The summed E-state index contributed by atoms with van der Waals surface area (Å²) in [5, 5.41) is 8.70. The molecule has 9 heteroatoms. The van der Waals surface area contributed by atoms with Gasteiger partial charge in [-0.25, -0.2) is 14.7 Å². The van der Waals surface area contributed by atoms with Crippen LogP contribution in [-0.2, 0) is 20.9 Å². The number of hydrogen-bond acceptors (Lipinski definition) is 5. The molecule has 104 valence electrons. The number of amides is 4. The van der Waals surface area contributed by atoms with Crippen molar-refractivity contribution in [3.05, 3.63) is 29.0 Å². The third-order valence-electron chi connectivity index (χ3n) is 2.59. The van der Waals surface area contributed by atoms with Crippen LogP contribution in [0.4, 0.5) is 4.79 Å². The average molecular weight is 298 g/mol. The summed E-state index contributed by atoms with van der Waals surface area (Å²) in [4.78, 5) is 50.4. The molecule has 1 fully saturated rings. The molecule has 20 heavy (non-hydrogen) atoms. The van der Waals surface area contributed by atoms with E-state index in [1.54, 1.807) is 12.1 Å². The van der Waals surface area contributed by atoms with Crippen LogP contribution in [0.1, 0.15) is 5.56 Å². The van der Waals surface area contributed by atoms with Crippen LogP contribution < -0.4 is 0 Å². The van der Waals surface area contributed by atoms with Gasteiger partial charge in [-0.05, 0) is 6.07 Å². The van der Waals surface area contributed by atoms with E-state index in [2.05, 4.69) is 4.98 Å². The summed E-state index contributed by atoms with van der Waals surface area (Å²) in [6, 6.07) is 2.12. The van der Waals surface area contributed by atoms with E-state index in [9.17, 15) is 19.2 Å². The molecule has 1 aromatic heterocycles. The number of nitrogens with zero attached hydrogens (tertiary/aromatic N) is 3. The van der Waals surface area contributed by atoms with Crippen LogP contribution in [0.5, 0.6) is 0 Å². The number of carboxylic acids is 1. The van der Waals surface area contributed by atoms with Crippen LogP contribution in [0.3, 0.4) is 0 Å². The molecule has 0 spiro atoms. The van der Waals surface area contributed by atoms with Crippen molar-refractivity contribution >= 4 is 35.4 Å². The third kappa shape index (κ3) is 2.45. The van der Waals surface area contributed by atoms with Gasteiger partial charge in [-0.3, -0.25) is 19.3 Å². The zero-order valence-electron chi connectivity index (χ0n) is 9.95. The molecular formula is C11H8ClN3O5. The van der Waals surface area contributed by atoms with E-state index in [0.29, 0.717) is 15.4 Å². The predicted molar refractivity (Wildman–Crippen MR) is 64.5 cm³/mol.